The van der Waals surface area contributed by atoms with Crippen LogP contribution in [0.4, 0.5) is 5.69 Å². The molecular formula is C15H21BrN2O. The van der Waals surface area contributed by atoms with Crippen molar-refractivity contribution in [3.8, 4) is 0 Å². The van der Waals surface area contributed by atoms with E-state index in [1.165, 1.54) is 19.3 Å². The molecule has 0 aliphatic heterocycles. The molecule has 0 radical (unpaired) electrons. The third kappa shape index (κ3) is 4.05. The van der Waals surface area contributed by atoms with Gasteiger partial charge in [-0.1, -0.05) is 35.2 Å². The third-order valence-corrected chi connectivity index (χ3v) is 4.54. The van der Waals surface area contributed by atoms with Crippen LogP contribution >= 0.6 is 15.9 Å². The fourth-order valence-corrected chi connectivity index (χ4v) is 3.10. The number of halogens is 1. The summed E-state index contributed by atoms with van der Waals surface area (Å²) in [6.07, 6.45) is 6.37. The molecule has 0 aromatic heterocycles. The molecule has 1 aromatic carbocycles. The largest absolute Gasteiger partial charge is 0.330 e. The van der Waals surface area contributed by atoms with Gasteiger partial charge in [-0.25, -0.2) is 0 Å². The molecule has 104 valence electrons. The Hall–Kier alpha value is -0.870. The van der Waals surface area contributed by atoms with Crippen molar-refractivity contribution < 1.29 is 4.79 Å². The van der Waals surface area contributed by atoms with Crippen molar-refractivity contribution in [2.45, 2.75) is 38.5 Å². The maximum absolute atomic E-state index is 12.2. The minimum atomic E-state index is 0.0255. The molecular weight excluding hydrogens is 304 g/mol. The molecule has 19 heavy (non-hydrogen) atoms. The summed E-state index contributed by atoms with van der Waals surface area (Å²) >= 11 is 3.38. The Kier molecular flexibility index (Phi) is 4.99. The number of anilines is 1. The van der Waals surface area contributed by atoms with Crippen LogP contribution in [0.1, 0.15) is 38.5 Å². The zero-order valence-electron chi connectivity index (χ0n) is 11.1. The summed E-state index contributed by atoms with van der Waals surface area (Å²) in [4.78, 5) is 12.2. The molecule has 3 N–H and O–H groups in total. The van der Waals surface area contributed by atoms with Crippen molar-refractivity contribution in [3.05, 3.63) is 28.7 Å². The lowest BCUT2D eigenvalue weighted by molar-refractivity contribution is -0.118. The molecule has 1 aliphatic rings. The summed E-state index contributed by atoms with van der Waals surface area (Å²) in [7, 11) is 0. The van der Waals surface area contributed by atoms with E-state index in [1.807, 2.05) is 24.3 Å². The Morgan fingerprint density at radius 1 is 1.21 bits per heavy atom. The third-order valence-electron chi connectivity index (χ3n) is 4.01. The number of hydrogen-bond donors (Lipinski definition) is 2. The second-order valence-corrected chi connectivity index (χ2v) is 6.41. The number of carbonyl (C=O) groups is 1. The predicted octanol–water partition coefficient (Wildman–Crippen LogP) is 3.69. The quantitative estimate of drug-likeness (QED) is 0.887. The molecule has 0 heterocycles. The predicted molar refractivity (Wildman–Crippen MR) is 82.0 cm³/mol. The van der Waals surface area contributed by atoms with Gasteiger partial charge in [0.15, 0.2) is 0 Å². The van der Waals surface area contributed by atoms with Crippen molar-refractivity contribution >= 4 is 27.5 Å². The van der Waals surface area contributed by atoms with Gasteiger partial charge in [0.05, 0.1) is 0 Å². The molecule has 1 aromatic rings. The van der Waals surface area contributed by atoms with E-state index in [1.54, 1.807) is 0 Å². The molecule has 1 fully saturated rings. The summed E-state index contributed by atoms with van der Waals surface area (Å²) in [5, 5.41) is 2.96. The zero-order chi connectivity index (χ0) is 13.7. The first-order chi connectivity index (χ1) is 9.13. The Morgan fingerprint density at radius 2 is 1.84 bits per heavy atom. The van der Waals surface area contributed by atoms with Crippen molar-refractivity contribution in [2.75, 3.05) is 11.9 Å². The van der Waals surface area contributed by atoms with Crippen molar-refractivity contribution in [1.29, 1.82) is 0 Å². The van der Waals surface area contributed by atoms with E-state index in [4.69, 9.17) is 5.73 Å². The molecule has 0 spiro atoms. The van der Waals surface area contributed by atoms with Gasteiger partial charge in [0.25, 0.3) is 0 Å². The lowest BCUT2D eigenvalue weighted by Gasteiger charge is -2.35. The maximum Gasteiger partial charge on any atom is 0.224 e. The average molecular weight is 325 g/mol. The zero-order valence-corrected chi connectivity index (χ0v) is 12.7. The van der Waals surface area contributed by atoms with Crippen LogP contribution in [0.2, 0.25) is 0 Å². The SMILES string of the molecule is NCC1(CC(=O)Nc2ccc(Br)cc2)CCCCC1. The van der Waals surface area contributed by atoms with Gasteiger partial charge in [-0.05, 0) is 49.1 Å². The molecule has 1 aliphatic carbocycles. The first kappa shape index (κ1) is 14.5. The Morgan fingerprint density at radius 3 is 2.42 bits per heavy atom. The highest BCUT2D eigenvalue weighted by molar-refractivity contribution is 9.10. The van der Waals surface area contributed by atoms with Gasteiger partial charge in [0.2, 0.25) is 5.91 Å². The van der Waals surface area contributed by atoms with Crippen molar-refractivity contribution in [1.82, 2.24) is 0 Å². The van der Waals surface area contributed by atoms with Crippen LogP contribution in [-0.2, 0) is 4.79 Å². The maximum atomic E-state index is 12.2. The molecule has 3 nitrogen and oxygen atoms in total. The van der Waals surface area contributed by atoms with Gasteiger partial charge in [0, 0.05) is 16.6 Å². The number of nitrogens with two attached hydrogens (primary N) is 1. The van der Waals surface area contributed by atoms with Gasteiger partial charge >= 0.3 is 0 Å². The Bertz CT molecular complexity index is 424. The van der Waals surface area contributed by atoms with Crippen LogP contribution in [0.3, 0.4) is 0 Å². The second kappa shape index (κ2) is 6.53. The summed E-state index contributed by atoms with van der Waals surface area (Å²) in [5.41, 5.74) is 6.78. The molecule has 2 rings (SSSR count). The minimum absolute atomic E-state index is 0.0255. The van der Waals surface area contributed by atoms with E-state index in [-0.39, 0.29) is 11.3 Å². The van der Waals surface area contributed by atoms with Crippen LogP contribution in [0, 0.1) is 5.41 Å². The highest BCUT2D eigenvalue weighted by atomic mass is 79.9. The van der Waals surface area contributed by atoms with E-state index in [9.17, 15) is 4.79 Å². The first-order valence-electron chi connectivity index (χ1n) is 6.89. The Balaban J connectivity index is 1.94. The highest BCUT2D eigenvalue weighted by Crippen LogP contribution is 2.38. The van der Waals surface area contributed by atoms with Crippen LogP contribution in [-0.4, -0.2) is 12.5 Å². The normalized spacial score (nSPS) is 18.0. The fourth-order valence-electron chi connectivity index (χ4n) is 2.83. The lowest BCUT2D eigenvalue weighted by Crippen LogP contribution is -2.36. The van der Waals surface area contributed by atoms with E-state index >= 15 is 0 Å². The number of hydrogen-bond acceptors (Lipinski definition) is 2. The molecule has 0 bridgehead atoms. The molecule has 0 saturated heterocycles. The molecule has 0 atom stereocenters. The summed E-state index contributed by atoms with van der Waals surface area (Å²) < 4.78 is 1.01. The van der Waals surface area contributed by atoms with Crippen LogP contribution in [0.5, 0.6) is 0 Å². The monoisotopic (exact) mass is 324 g/mol. The standard InChI is InChI=1S/C15H21BrN2O/c16-12-4-6-13(7-5-12)18-14(19)10-15(11-17)8-2-1-3-9-15/h4-7H,1-3,8-11,17H2,(H,18,19). The summed E-state index contributed by atoms with van der Waals surface area (Å²) in [5.74, 6) is 0.0784. The van der Waals surface area contributed by atoms with Gasteiger partial charge < -0.3 is 11.1 Å². The van der Waals surface area contributed by atoms with Crippen molar-refractivity contribution in [2.24, 2.45) is 11.1 Å². The smallest absolute Gasteiger partial charge is 0.224 e. The number of rotatable bonds is 4. The molecule has 0 unspecified atom stereocenters. The van der Waals surface area contributed by atoms with Crippen LogP contribution in [0.25, 0.3) is 0 Å². The molecule has 4 heteroatoms. The summed E-state index contributed by atoms with van der Waals surface area (Å²) in [6.45, 7) is 0.612. The Labute approximate surface area is 123 Å². The average Bonchev–Trinajstić information content (AvgIpc) is 2.42. The summed E-state index contributed by atoms with van der Waals surface area (Å²) in [6, 6.07) is 7.65. The van der Waals surface area contributed by atoms with E-state index in [0.717, 1.165) is 23.0 Å². The highest BCUT2D eigenvalue weighted by Gasteiger charge is 2.32. The van der Waals surface area contributed by atoms with Gasteiger partial charge in [-0.15, -0.1) is 0 Å². The minimum Gasteiger partial charge on any atom is -0.330 e. The number of nitrogens with one attached hydrogen (secondary N) is 1. The van der Waals surface area contributed by atoms with Gasteiger partial charge in [-0.3, -0.25) is 4.79 Å². The van der Waals surface area contributed by atoms with Gasteiger partial charge in [-0.2, -0.15) is 0 Å². The van der Waals surface area contributed by atoms with Gasteiger partial charge in [0.1, 0.15) is 0 Å². The number of benzene rings is 1. The molecule has 1 amide bonds. The lowest BCUT2D eigenvalue weighted by atomic mass is 9.71. The first-order valence-corrected chi connectivity index (χ1v) is 7.68. The van der Waals surface area contributed by atoms with E-state index < -0.39 is 0 Å². The van der Waals surface area contributed by atoms with Crippen LogP contribution < -0.4 is 11.1 Å². The van der Waals surface area contributed by atoms with E-state index in [0.29, 0.717) is 13.0 Å². The van der Waals surface area contributed by atoms with Crippen LogP contribution in [0.15, 0.2) is 28.7 Å². The molecule has 1 saturated carbocycles. The van der Waals surface area contributed by atoms with E-state index in [2.05, 4.69) is 21.2 Å². The number of amides is 1. The van der Waals surface area contributed by atoms with Crippen molar-refractivity contribution in [3.63, 3.8) is 0 Å². The topological polar surface area (TPSA) is 55.1 Å². The fraction of sp³-hybridized carbons (Fsp3) is 0.533. The second-order valence-electron chi connectivity index (χ2n) is 5.50. The number of carbonyl (C=O) groups excluding carboxylic acids is 1.